The molecule has 27 heavy (non-hydrogen) atoms. The first-order chi connectivity index (χ1) is 12.7. The number of aromatic nitrogens is 2. The van der Waals surface area contributed by atoms with Crippen LogP contribution in [0.15, 0.2) is 6.07 Å². The molecule has 0 spiro atoms. The summed E-state index contributed by atoms with van der Waals surface area (Å²) in [5.41, 5.74) is -0.945. The SMILES string of the molecule is Cc1nc(N2CCC(NC(=O)C3CCC(=O)NC3)CC2)cc(C(F)(F)F)n1. The van der Waals surface area contributed by atoms with E-state index >= 15 is 0 Å². The van der Waals surface area contributed by atoms with E-state index in [1.807, 2.05) is 0 Å². The lowest BCUT2D eigenvalue weighted by Gasteiger charge is -2.34. The highest BCUT2D eigenvalue weighted by Gasteiger charge is 2.34. The molecule has 1 aromatic heterocycles. The van der Waals surface area contributed by atoms with Crippen LogP contribution in [-0.4, -0.2) is 47.5 Å². The fourth-order valence-electron chi connectivity index (χ4n) is 3.39. The van der Waals surface area contributed by atoms with E-state index in [1.165, 1.54) is 6.92 Å². The Hall–Kier alpha value is -2.39. The highest BCUT2D eigenvalue weighted by Crippen LogP contribution is 2.30. The Labute approximate surface area is 154 Å². The van der Waals surface area contributed by atoms with Crippen molar-refractivity contribution in [1.82, 2.24) is 20.6 Å². The zero-order valence-corrected chi connectivity index (χ0v) is 15.0. The van der Waals surface area contributed by atoms with Gasteiger partial charge in [0.15, 0.2) is 0 Å². The van der Waals surface area contributed by atoms with Crippen molar-refractivity contribution in [3.05, 3.63) is 17.6 Å². The quantitative estimate of drug-likeness (QED) is 0.822. The van der Waals surface area contributed by atoms with Gasteiger partial charge in [0.25, 0.3) is 0 Å². The predicted octanol–water partition coefficient (Wildman–Crippen LogP) is 1.42. The molecular weight excluding hydrogens is 363 g/mol. The van der Waals surface area contributed by atoms with Gasteiger partial charge in [0.05, 0.1) is 5.92 Å². The molecule has 0 aliphatic carbocycles. The number of hydrogen-bond acceptors (Lipinski definition) is 5. The van der Waals surface area contributed by atoms with Gasteiger partial charge < -0.3 is 15.5 Å². The maximum atomic E-state index is 12.9. The fourth-order valence-corrected chi connectivity index (χ4v) is 3.39. The topological polar surface area (TPSA) is 87.2 Å². The van der Waals surface area contributed by atoms with Crippen LogP contribution >= 0.6 is 0 Å². The van der Waals surface area contributed by atoms with Crippen LogP contribution in [0.3, 0.4) is 0 Å². The van der Waals surface area contributed by atoms with Gasteiger partial charge in [-0.15, -0.1) is 0 Å². The van der Waals surface area contributed by atoms with Crippen molar-refractivity contribution in [2.45, 2.75) is 44.8 Å². The molecule has 3 rings (SSSR count). The molecule has 10 heteroatoms. The number of anilines is 1. The van der Waals surface area contributed by atoms with Crippen molar-refractivity contribution < 1.29 is 22.8 Å². The molecule has 2 aliphatic heterocycles. The summed E-state index contributed by atoms with van der Waals surface area (Å²) < 4.78 is 38.8. The Kier molecular flexibility index (Phi) is 5.52. The number of rotatable bonds is 3. The molecule has 0 saturated carbocycles. The van der Waals surface area contributed by atoms with Crippen molar-refractivity contribution in [3.63, 3.8) is 0 Å². The van der Waals surface area contributed by atoms with Crippen molar-refractivity contribution in [3.8, 4) is 0 Å². The van der Waals surface area contributed by atoms with Gasteiger partial charge in [0.2, 0.25) is 11.8 Å². The average Bonchev–Trinajstić information content (AvgIpc) is 2.61. The summed E-state index contributed by atoms with van der Waals surface area (Å²) in [6.45, 7) is 2.79. The number of carbonyl (C=O) groups is 2. The third-order valence-electron chi connectivity index (χ3n) is 4.92. The van der Waals surface area contributed by atoms with E-state index in [-0.39, 0.29) is 35.4 Å². The number of piperidine rings is 2. The molecule has 2 fully saturated rings. The largest absolute Gasteiger partial charge is 0.433 e. The number of nitrogens with zero attached hydrogens (tertiary/aromatic N) is 3. The summed E-state index contributed by atoms with van der Waals surface area (Å²) in [5, 5.41) is 5.68. The van der Waals surface area contributed by atoms with Crippen molar-refractivity contribution >= 4 is 17.6 Å². The van der Waals surface area contributed by atoms with Gasteiger partial charge in [-0.05, 0) is 26.2 Å². The van der Waals surface area contributed by atoms with Gasteiger partial charge >= 0.3 is 6.18 Å². The average molecular weight is 385 g/mol. The first kappa shape index (κ1) is 19.4. The number of hydrogen-bond donors (Lipinski definition) is 2. The van der Waals surface area contributed by atoms with Crippen LogP contribution < -0.4 is 15.5 Å². The second-order valence-electron chi connectivity index (χ2n) is 6.97. The molecule has 0 aromatic carbocycles. The molecule has 0 bridgehead atoms. The summed E-state index contributed by atoms with van der Waals surface area (Å²) in [6, 6.07) is 0.938. The van der Waals surface area contributed by atoms with Gasteiger partial charge in [-0.25, -0.2) is 9.97 Å². The van der Waals surface area contributed by atoms with Gasteiger partial charge in [-0.3, -0.25) is 9.59 Å². The smallest absolute Gasteiger partial charge is 0.356 e. The summed E-state index contributed by atoms with van der Waals surface area (Å²) in [4.78, 5) is 32.8. The van der Waals surface area contributed by atoms with Crippen LogP contribution in [0.4, 0.5) is 19.0 Å². The van der Waals surface area contributed by atoms with Crippen LogP contribution in [0.1, 0.15) is 37.2 Å². The Morgan fingerprint density at radius 3 is 2.56 bits per heavy atom. The second-order valence-corrected chi connectivity index (χ2v) is 6.97. The molecular formula is C17H22F3N5O2. The Morgan fingerprint density at radius 1 is 1.26 bits per heavy atom. The van der Waals surface area contributed by atoms with E-state index in [9.17, 15) is 22.8 Å². The molecule has 3 heterocycles. The highest BCUT2D eigenvalue weighted by molar-refractivity contribution is 5.83. The number of carbonyl (C=O) groups excluding carboxylic acids is 2. The van der Waals surface area contributed by atoms with Crippen molar-refractivity contribution in [1.29, 1.82) is 0 Å². The molecule has 2 aliphatic rings. The maximum Gasteiger partial charge on any atom is 0.433 e. The lowest BCUT2D eigenvalue weighted by Crippen LogP contribution is -2.49. The zero-order valence-electron chi connectivity index (χ0n) is 15.0. The van der Waals surface area contributed by atoms with Crippen LogP contribution in [-0.2, 0) is 15.8 Å². The normalized spacial score (nSPS) is 21.7. The minimum absolute atomic E-state index is 0.0311. The van der Waals surface area contributed by atoms with E-state index < -0.39 is 11.9 Å². The predicted molar refractivity (Wildman–Crippen MR) is 90.9 cm³/mol. The molecule has 7 nitrogen and oxygen atoms in total. The Balaban J connectivity index is 1.55. The van der Waals surface area contributed by atoms with E-state index in [0.29, 0.717) is 45.3 Å². The minimum Gasteiger partial charge on any atom is -0.356 e. The van der Waals surface area contributed by atoms with E-state index in [1.54, 1.807) is 4.90 Å². The number of nitrogens with one attached hydrogen (secondary N) is 2. The second kappa shape index (κ2) is 7.69. The van der Waals surface area contributed by atoms with Crippen LogP contribution in [0.5, 0.6) is 0 Å². The maximum absolute atomic E-state index is 12.9. The van der Waals surface area contributed by atoms with Gasteiger partial charge in [-0.2, -0.15) is 13.2 Å². The number of aryl methyl sites for hydroxylation is 1. The number of halogens is 3. The number of alkyl halides is 3. The third-order valence-corrected chi connectivity index (χ3v) is 4.92. The monoisotopic (exact) mass is 385 g/mol. The summed E-state index contributed by atoms with van der Waals surface area (Å²) in [7, 11) is 0. The van der Waals surface area contributed by atoms with Gasteiger partial charge in [-0.1, -0.05) is 0 Å². The standard InChI is InChI=1S/C17H22F3N5O2/c1-10-22-13(17(18,19)20)8-14(23-10)25-6-4-12(5-7-25)24-16(27)11-2-3-15(26)21-9-11/h8,11-12H,2-7,9H2,1H3,(H,21,26)(H,24,27). The molecule has 2 saturated heterocycles. The van der Waals surface area contributed by atoms with Gasteiger partial charge in [0.1, 0.15) is 17.3 Å². The lowest BCUT2D eigenvalue weighted by atomic mass is 9.97. The molecule has 148 valence electrons. The highest BCUT2D eigenvalue weighted by atomic mass is 19.4. The van der Waals surface area contributed by atoms with E-state index in [0.717, 1.165) is 6.07 Å². The lowest BCUT2D eigenvalue weighted by molar-refractivity contribution is -0.141. The minimum atomic E-state index is -4.51. The Bertz CT molecular complexity index is 707. The summed E-state index contributed by atoms with van der Waals surface area (Å²) in [5.74, 6) is 0.000181. The van der Waals surface area contributed by atoms with E-state index in [4.69, 9.17) is 0 Å². The molecule has 1 atom stereocenters. The van der Waals surface area contributed by atoms with Crippen LogP contribution in [0.2, 0.25) is 0 Å². The van der Waals surface area contributed by atoms with Crippen molar-refractivity contribution in [2.75, 3.05) is 24.5 Å². The zero-order chi connectivity index (χ0) is 19.6. The van der Waals surface area contributed by atoms with Gasteiger partial charge in [0, 0.05) is 38.2 Å². The van der Waals surface area contributed by atoms with E-state index in [2.05, 4.69) is 20.6 Å². The molecule has 0 radical (unpaired) electrons. The van der Waals surface area contributed by atoms with Crippen molar-refractivity contribution in [2.24, 2.45) is 5.92 Å². The van der Waals surface area contributed by atoms with Crippen LogP contribution in [0, 0.1) is 12.8 Å². The van der Waals surface area contributed by atoms with Crippen LogP contribution in [0.25, 0.3) is 0 Å². The number of amides is 2. The first-order valence-corrected chi connectivity index (χ1v) is 8.97. The molecule has 1 unspecified atom stereocenters. The summed E-state index contributed by atoms with van der Waals surface area (Å²) in [6.07, 6.45) is -2.38. The fraction of sp³-hybridized carbons (Fsp3) is 0.647. The Morgan fingerprint density at radius 2 is 1.96 bits per heavy atom. The molecule has 2 amide bonds. The molecule has 2 N–H and O–H groups in total. The first-order valence-electron chi connectivity index (χ1n) is 8.97. The summed E-state index contributed by atoms with van der Waals surface area (Å²) >= 11 is 0. The molecule has 1 aromatic rings. The third kappa shape index (κ3) is 4.86.